The van der Waals surface area contributed by atoms with Crippen molar-refractivity contribution >= 4 is 23.3 Å². The molecule has 0 aromatic carbocycles. The van der Waals surface area contributed by atoms with Crippen molar-refractivity contribution in [3.8, 4) is 0 Å². The SMILES string of the molecule is O=C(CC1CCCCCC1)Nc1ccnc(Cl)n1. The summed E-state index contributed by atoms with van der Waals surface area (Å²) in [5.41, 5.74) is 0. The van der Waals surface area contributed by atoms with Gasteiger partial charge in [0.2, 0.25) is 11.2 Å². The summed E-state index contributed by atoms with van der Waals surface area (Å²) in [5, 5.41) is 2.93. The number of hydrogen-bond donors (Lipinski definition) is 1. The molecule has 0 bridgehead atoms. The largest absolute Gasteiger partial charge is 0.311 e. The van der Waals surface area contributed by atoms with Crippen LogP contribution >= 0.6 is 11.6 Å². The highest BCUT2D eigenvalue weighted by Gasteiger charge is 2.16. The smallest absolute Gasteiger partial charge is 0.225 e. The monoisotopic (exact) mass is 267 g/mol. The normalized spacial score (nSPS) is 17.2. The fourth-order valence-electron chi connectivity index (χ4n) is 2.43. The summed E-state index contributed by atoms with van der Waals surface area (Å²) >= 11 is 5.67. The van der Waals surface area contributed by atoms with Crippen molar-refractivity contribution in [1.29, 1.82) is 0 Å². The summed E-state index contributed by atoms with van der Waals surface area (Å²) in [6.07, 6.45) is 9.56. The van der Waals surface area contributed by atoms with Crippen molar-refractivity contribution in [2.24, 2.45) is 5.92 Å². The van der Waals surface area contributed by atoms with Gasteiger partial charge in [0.1, 0.15) is 5.82 Å². The van der Waals surface area contributed by atoms with Crippen LogP contribution in [0.4, 0.5) is 5.82 Å². The average molecular weight is 268 g/mol. The second-order valence-corrected chi connectivity index (χ2v) is 5.16. The van der Waals surface area contributed by atoms with E-state index in [2.05, 4.69) is 15.3 Å². The standard InChI is InChI=1S/C13H18ClN3O/c14-13-15-8-7-11(17-13)16-12(18)9-10-5-3-1-2-4-6-10/h7-8,10H,1-6,9H2,(H,15,16,17,18). The van der Waals surface area contributed by atoms with Gasteiger partial charge in [0.25, 0.3) is 0 Å². The van der Waals surface area contributed by atoms with Crippen LogP contribution in [0.3, 0.4) is 0 Å². The Kier molecular flexibility index (Phi) is 4.93. The van der Waals surface area contributed by atoms with Gasteiger partial charge in [-0.15, -0.1) is 0 Å². The van der Waals surface area contributed by atoms with Crippen LogP contribution in [0.15, 0.2) is 12.3 Å². The van der Waals surface area contributed by atoms with E-state index in [1.165, 1.54) is 31.9 Å². The van der Waals surface area contributed by atoms with Gasteiger partial charge in [0.15, 0.2) is 0 Å². The van der Waals surface area contributed by atoms with Crippen LogP contribution in [0.2, 0.25) is 5.28 Å². The molecule has 4 nitrogen and oxygen atoms in total. The summed E-state index contributed by atoms with van der Waals surface area (Å²) in [6, 6.07) is 1.65. The molecule has 5 heteroatoms. The van der Waals surface area contributed by atoms with Gasteiger partial charge in [-0.25, -0.2) is 9.97 Å². The molecule has 1 N–H and O–H groups in total. The fraction of sp³-hybridized carbons (Fsp3) is 0.615. The second kappa shape index (κ2) is 6.69. The number of anilines is 1. The number of carbonyl (C=O) groups is 1. The number of hydrogen-bond acceptors (Lipinski definition) is 3. The third-order valence-corrected chi connectivity index (χ3v) is 3.52. The molecule has 0 saturated heterocycles. The fourth-order valence-corrected chi connectivity index (χ4v) is 2.58. The zero-order chi connectivity index (χ0) is 12.8. The summed E-state index contributed by atoms with van der Waals surface area (Å²) < 4.78 is 0. The summed E-state index contributed by atoms with van der Waals surface area (Å²) in [6.45, 7) is 0. The Morgan fingerprint density at radius 1 is 1.33 bits per heavy atom. The van der Waals surface area contributed by atoms with Crippen LogP contribution in [-0.4, -0.2) is 15.9 Å². The van der Waals surface area contributed by atoms with Crippen LogP contribution in [-0.2, 0) is 4.79 Å². The van der Waals surface area contributed by atoms with E-state index in [9.17, 15) is 4.79 Å². The van der Waals surface area contributed by atoms with Crippen molar-refractivity contribution in [2.75, 3.05) is 5.32 Å². The average Bonchev–Trinajstić information content (AvgIpc) is 2.57. The molecule has 1 heterocycles. The molecule has 1 amide bonds. The van der Waals surface area contributed by atoms with Crippen molar-refractivity contribution in [3.63, 3.8) is 0 Å². The maximum absolute atomic E-state index is 11.9. The molecule has 1 aliphatic carbocycles. The van der Waals surface area contributed by atoms with E-state index in [1.54, 1.807) is 6.07 Å². The minimum Gasteiger partial charge on any atom is -0.311 e. The van der Waals surface area contributed by atoms with Crippen LogP contribution in [0, 0.1) is 5.92 Å². The van der Waals surface area contributed by atoms with Crippen molar-refractivity contribution in [1.82, 2.24) is 9.97 Å². The Bertz CT molecular complexity index is 403. The van der Waals surface area contributed by atoms with Gasteiger partial charge in [0, 0.05) is 12.6 Å². The van der Waals surface area contributed by atoms with E-state index in [0.29, 0.717) is 18.2 Å². The number of halogens is 1. The van der Waals surface area contributed by atoms with E-state index in [4.69, 9.17) is 11.6 Å². The van der Waals surface area contributed by atoms with Crippen molar-refractivity contribution < 1.29 is 4.79 Å². The number of carbonyl (C=O) groups excluding carboxylic acids is 1. The number of aromatic nitrogens is 2. The molecular formula is C13H18ClN3O. The van der Waals surface area contributed by atoms with Crippen LogP contribution in [0.25, 0.3) is 0 Å². The molecule has 1 aromatic heterocycles. The predicted molar refractivity (Wildman–Crippen MR) is 71.5 cm³/mol. The first-order valence-electron chi connectivity index (χ1n) is 6.52. The summed E-state index contributed by atoms with van der Waals surface area (Å²) in [5.74, 6) is 1.02. The van der Waals surface area contributed by atoms with E-state index in [-0.39, 0.29) is 11.2 Å². The third-order valence-electron chi connectivity index (χ3n) is 3.34. The van der Waals surface area contributed by atoms with Crippen LogP contribution in [0.1, 0.15) is 44.9 Å². The predicted octanol–water partition coefficient (Wildman–Crippen LogP) is 3.43. The maximum atomic E-state index is 11.9. The lowest BCUT2D eigenvalue weighted by atomic mass is 9.96. The van der Waals surface area contributed by atoms with Gasteiger partial charge in [-0.1, -0.05) is 25.7 Å². The molecule has 0 atom stereocenters. The molecule has 98 valence electrons. The van der Waals surface area contributed by atoms with Crippen molar-refractivity contribution in [3.05, 3.63) is 17.5 Å². The molecule has 1 fully saturated rings. The highest BCUT2D eigenvalue weighted by molar-refractivity contribution is 6.28. The highest BCUT2D eigenvalue weighted by Crippen LogP contribution is 2.25. The van der Waals surface area contributed by atoms with Gasteiger partial charge in [-0.2, -0.15) is 0 Å². The minimum absolute atomic E-state index is 0.0247. The molecule has 0 aliphatic heterocycles. The Balaban J connectivity index is 1.84. The van der Waals surface area contributed by atoms with Crippen molar-refractivity contribution in [2.45, 2.75) is 44.9 Å². The van der Waals surface area contributed by atoms with E-state index >= 15 is 0 Å². The number of amides is 1. The first-order valence-corrected chi connectivity index (χ1v) is 6.90. The lowest BCUT2D eigenvalue weighted by Gasteiger charge is -2.13. The third kappa shape index (κ3) is 4.26. The second-order valence-electron chi connectivity index (χ2n) is 4.82. The van der Waals surface area contributed by atoms with Crippen LogP contribution in [0.5, 0.6) is 0 Å². The van der Waals surface area contributed by atoms with Gasteiger partial charge in [-0.05, 0) is 36.4 Å². The Hall–Kier alpha value is -1.16. The number of nitrogens with zero attached hydrogens (tertiary/aromatic N) is 2. The molecule has 0 unspecified atom stereocenters. The van der Waals surface area contributed by atoms with Gasteiger partial charge in [0.05, 0.1) is 0 Å². The van der Waals surface area contributed by atoms with Gasteiger partial charge >= 0.3 is 0 Å². The summed E-state index contributed by atoms with van der Waals surface area (Å²) in [4.78, 5) is 19.6. The molecular weight excluding hydrogens is 250 g/mol. The topological polar surface area (TPSA) is 54.9 Å². The minimum atomic E-state index is 0.0247. The molecule has 1 aromatic rings. The van der Waals surface area contributed by atoms with Gasteiger partial charge < -0.3 is 5.32 Å². The Morgan fingerprint density at radius 2 is 2.06 bits per heavy atom. The van der Waals surface area contributed by atoms with Gasteiger partial charge in [-0.3, -0.25) is 4.79 Å². The molecule has 2 rings (SSSR count). The van der Waals surface area contributed by atoms with E-state index in [0.717, 1.165) is 12.8 Å². The Morgan fingerprint density at radius 3 is 2.72 bits per heavy atom. The molecule has 0 radical (unpaired) electrons. The Labute approximate surface area is 112 Å². The summed E-state index contributed by atoms with van der Waals surface area (Å²) in [7, 11) is 0. The first-order chi connectivity index (χ1) is 8.74. The lowest BCUT2D eigenvalue weighted by molar-refractivity contribution is -0.117. The molecule has 1 aliphatic rings. The van der Waals surface area contributed by atoms with E-state index < -0.39 is 0 Å². The van der Waals surface area contributed by atoms with E-state index in [1.807, 2.05) is 0 Å². The first kappa shape index (κ1) is 13.3. The zero-order valence-corrected chi connectivity index (χ0v) is 11.1. The molecule has 18 heavy (non-hydrogen) atoms. The quantitative estimate of drug-likeness (QED) is 0.674. The lowest BCUT2D eigenvalue weighted by Crippen LogP contribution is -2.17. The molecule has 1 saturated carbocycles. The highest BCUT2D eigenvalue weighted by atomic mass is 35.5. The molecule has 0 spiro atoms. The number of rotatable bonds is 3. The number of nitrogens with one attached hydrogen (secondary N) is 1. The van der Waals surface area contributed by atoms with Crippen LogP contribution < -0.4 is 5.32 Å². The zero-order valence-electron chi connectivity index (χ0n) is 10.4. The maximum Gasteiger partial charge on any atom is 0.225 e.